The molecule has 1 saturated heterocycles. The number of aromatic nitrogens is 1. The Hall–Kier alpha value is -2.27. The summed E-state index contributed by atoms with van der Waals surface area (Å²) < 4.78 is 80.5. The SMILES string of the molecule is O=S1(=O)NC2(CN1CC(F)(F)F)C1CCC2CC(C=Cc2ccc(-c3ccc(F)cc3)cn2)=C(Cl)C1. The molecule has 5 rings (SSSR count). The van der Waals surface area contributed by atoms with Gasteiger partial charge in [-0.2, -0.15) is 30.6 Å². The Morgan fingerprint density at radius 2 is 1.72 bits per heavy atom. The number of nitrogens with one attached hydrogen (secondary N) is 1. The number of benzene rings is 1. The summed E-state index contributed by atoms with van der Waals surface area (Å²) in [7, 11) is -4.24. The molecular formula is C25H24ClF4N3O2S. The van der Waals surface area contributed by atoms with Crippen molar-refractivity contribution in [3.05, 3.63) is 70.8 Å². The molecule has 5 nitrogen and oxygen atoms in total. The van der Waals surface area contributed by atoms with Crippen molar-refractivity contribution < 1.29 is 26.0 Å². The summed E-state index contributed by atoms with van der Waals surface area (Å²) in [5.41, 5.74) is 2.24. The summed E-state index contributed by atoms with van der Waals surface area (Å²) in [4.78, 5) is 4.44. The van der Waals surface area contributed by atoms with Gasteiger partial charge in [-0.3, -0.25) is 4.98 Å². The van der Waals surface area contributed by atoms with Crippen LogP contribution in [-0.2, 0) is 10.2 Å². The van der Waals surface area contributed by atoms with Crippen LogP contribution in [0.3, 0.4) is 0 Å². The maximum Gasteiger partial charge on any atom is 0.402 e. The van der Waals surface area contributed by atoms with Gasteiger partial charge in [-0.05, 0) is 72.9 Å². The third kappa shape index (κ3) is 4.96. The highest BCUT2D eigenvalue weighted by molar-refractivity contribution is 7.87. The van der Waals surface area contributed by atoms with Crippen molar-refractivity contribution in [3.8, 4) is 11.1 Å². The number of hydrogen-bond acceptors (Lipinski definition) is 3. The first-order valence-corrected chi connectivity index (χ1v) is 13.4. The molecule has 3 unspecified atom stereocenters. The van der Waals surface area contributed by atoms with E-state index in [9.17, 15) is 26.0 Å². The largest absolute Gasteiger partial charge is 0.402 e. The summed E-state index contributed by atoms with van der Waals surface area (Å²) >= 11 is 6.65. The van der Waals surface area contributed by atoms with E-state index in [1.54, 1.807) is 18.3 Å². The van der Waals surface area contributed by atoms with Crippen LogP contribution in [0.15, 0.2) is 59.3 Å². The van der Waals surface area contributed by atoms with Gasteiger partial charge in [0.25, 0.3) is 10.2 Å². The van der Waals surface area contributed by atoms with Crippen molar-refractivity contribution >= 4 is 27.9 Å². The smallest absolute Gasteiger partial charge is 0.256 e. The fraction of sp³-hybridized carbons (Fsp3) is 0.400. The third-order valence-corrected chi connectivity index (χ3v) is 9.41. The van der Waals surface area contributed by atoms with Crippen LogP contribution in [0, 0.1) is 17.7 Å². The van der Waals surface area contributed by atoms with Gasteiger partial charge in [-0.15, -0.1) is 0 Å². The Kier molecular flexibility index (Phi) is 6.51. The minimum Gasteiger partial charge on any atom is -0.256 e. The second-order valence-corrected chi connectivity index (χ2v) is 11.8. The predicted octanol–water partition coefficient (Wildman–Crippen LogP) is 5.66. The standard InChI is InChI=1S/C25H24ClF4N3O2S/c26-23-12-20-6-5-19(24(20)14-33(15-25(28,29)30)36(34,35)32-24)11-17(23)3-9-22-10-4-18(13-31-22)16-1-7-21(27)8-2-16/h1-4,7-10,13,19-20,32H,5-6,11-12,14-15H2. The van der Waals surface area contributed by atoms with Gasteiger partial charge in [-0.1, -0.05) is 35.9 Å². The van der Waals surface area contributed by atoms with Crippen LogP contribution in [0.5, 0.6) is 0 Å². The highest BCUT2D eigenvalue weighted by Crippen LogP contribution is 2.53. The first kappa shape index (κ1) is 25.4. The zero-order valence-corrected chi connectivity index (χ0v) is 20.7. The number of nitrogens with zero attached hydrogens (tertiary/aromatic N) is 2. The summed E-state index contributed by atoms with van der Waals surface area (Å²) in [5, 5.41) is 0.592. The lowest BCUT2D eigenvalue weighted by Gasteiger charge is -2.34. The molecule has 192 valence electrons. The first-order chi connectivity index (χ1) is 17.0. The zero-order valence-electron chi connectivity index (χ0n) is 19.1. The van der Waals surface area contributed by atoms with Crippen LogP contribution in [0.4, 0.5) is 17.6 Å². The van der Waals surface area contributed by atoms with E-state index in [1.807, 2.05) is 24.3 Å². The molecule has 36 heavy (non-hydrogen) atoms. The van der Waals surface area contributed by atoms with Gasteiger partial charge in [0.05, 0.1) is 11.2 Å². The topological polar surface area (TPSA) is 62.3 Å². The molecule has 1 aromatic carbocycles. The molecule has 2 aromatic rings. The van der Waals surface area contributed by atoms with E-state index < -0.39 is 28.5 Å². The molecule has 1 aliphatic heterocycles. The quantitative estimate of drug-likeness (QED) is 0.508. The molecule has 1 aromatic heterocycles. The fourth-order valence-electron chi connectivity index (χ4n) is 5.68. The Labute approximate surface area is 212 Å². The van der Waals surface area contributed by atoms with Crippen LogP contribution < -0.4 is 4.72 Å². The van der Waals surface area contributed by atoms with E-state index in [2.05, 4.69) is 9.71 Å². The van der Waals surface area contributed by atoms with Crippen LogP contribution in [-0.4, -0.2) is 42.5 Å². The van der Waals surface area contributed by atoms with E-state index in [0.717, 1.165) is 16.7 Å². The lowest BCUT2D eigenvalue weighted by molar-refractivity contribution is -0.136. The molecule has 0 radical (unpaired) electrons. The average molecular weight is 542 g/mol. The van der Waals surface area contributed by atoms with Gasteiger partial charge in [0.1, 0.15) is 12.4 Å². The van der Waals surface area contributed by atoms with E-state index in [-0.39, 0.29) is 24.2 Å². The van der Waals surface area contributed by atoms with E-state index in [1.165, 1.54) is 12.1 Å². The second-order valence-electron chi connectivity index (χ2n) is 9.65. The van der Waals surface area contributed by atoms with Gasteiger partial charge in [-0.25, -0.2) is 4.39 Å². The van der Waals surface area contributed by atoms with Crippen molar-refractivity contribution in [3.63, 3.8) is 0 Å². The van der Waals surface area contributed by atoms with Crippen molar-refractivity contribution in [1.82, 2.24) is 14.0 Å². The van der Waals surface area contributed by atoms with Crippen LogP contribution in [0.1, 0.15) is 31.4 Å². The minimum atomic E-state index is -4.62. The Bertz CT molecular complexity index is 1310. The maximum absolute atomic E-state index is 13.2. The number of alkyl halides is 3. The molecule has 2 fully saturated rings. The van der Waals surface area contributed by atoms with E-state index in [0.29, 0.717) is 40.7 Å². The Balaban J connectivity index is 1.34. The molecule has 2 bridgehead atoms. The Morgan fingerprint density at radius 3 is 2.36 bits per heavy atom. The number of rotatable bonds is 4. The molecular weight excluding hydrogens is 518 g/mol. The molecule has 11 heteroatoms. The van der Waals surface area contributed by atoms with Crippen LogP contribution >= 0.6 is 11.6 Å². The predicted molar refractivity (Wildman–Crippen MR) is 129 cm³/mol. The van der Waals surface area contributed by atoms with Crippen LogP contribution in [0.25, 0.3) is 17.2 Å². The van der Waals surface area contributed by atoms with E-state index in [4.69, 9.17) is 11.6 Å². The minimum absolute atomic E-state index is 0.166. The molecule has 3 atom stereocenters. The monoisotopic (exact) mass is 541 g/mol. The number of allylic oxidation sites excluding steroid dienone is 3. The van der Waals surface area contributed by atoms with Gasteiger partial charge >= 0.3 is 6.18 Å². The molecule has 2 aliphatic carbocycles. The molecule has 2 heterocycles. The molecule has 1 spiro atoms. The average Bonchev–Trinajstić information content (AvgIpc) is 3.21. The highest BCUT2D eigenvalue weighted by atomic mass is 35.5. The Morgan fingerprint density at radius 1 is 1.06 bits per heavy atom. The lowest BCUT2D eigenvalue weighted by Crippen LogP contribution is -2.51. The second kappa shape index (κ2) is 9.24. The van der Waals surface area contributed by atoms with Crippen molar-refractivity contribution in [2.24, 2.45) is 11.8 Å². The summed E-state index contributed by atoms with van der Waals surface area (Å²) in [6, 6.07) is 9.83. The lowest BCUT2D eigenvalue weighted by atomic mass is 9.79. The summed E-state index contributed by atoms with van der Waals surface area (Å²) in [5.74, 6) is -0.656. The van der Waals surface area contributed by atoms with Crippen molar-refractivity contribution in [2.75, 3.05) is 13.1 Å². The first-order valence-electron chi connectivity index (χ1n) is 11.6. The highest BCUT2D eigenvalue weighted by Gasteiger charge is 2.60. The molecule has 0 amide bonds. The summed E-state index contributed by atoms with van der Waals surface area (Å²) in [6.07, 6.45) is 3.01. The number of pyridine rings is 1. The van der Waals surface area contributed by atoms with Gasteiger partial charge in [0, 0.05) is 23.3 Å². The van der Waals surface area contributed by atoms with Crippen LogP contribution in [0.2, 0.25) is 0 Å². The third-order valence-electron chi connectivity index (χ3n) is 7.43. The molecule has 3 aliphatic rings. The molecule has 1 saturated carbocycles. The zero-order chi connectivity index (χ0) is 25.7. The van der Waals surface area contributed by atoms with Crippen molar-refractivity contribution in [2.45, 2.75) is 37.4 Å². The van der Waals surface area contributed by atoms with Crippen molar-refractivity contribution in [1.29, 1.82) is 0 Å². The summed E-state index contributed by atoms with van der Waals surface area (Å²) in [6.45, 7) is -1.71. The fourth-order valence-corrected chi connectivity index (χ4v) is 7.72. The van der Waals surface area contributed by atoms with E-state index >= 15 is 0 Å². The number of halogens is 5. The van der Waals surface area contributed by atoms with Gasteiger partial charge in [0.15, 0.2) is 0 Å². The van der Waals surface area contributed by atoms with Gasteiger partial charge in [0.2, 0.25) is 0 Å². The van der Waals surface area contributed by atoms with Gasteiger partial charge < -0.3 is 0 Å². The number of hydrogen-bond donors (Lipinski definition) is 1. The molecule has 1 N–H and O–H groups in total. The normalized spacial score (nSPS) is 28.4. The maximum atomic E-state index is 13.2.